The molecule has 1 atom stereocenters. The molecule has 0 aliphatic carbocycles. The third-order valence-electron chi connectivity index (χ3n) is 3.57. The minimum absolute atomic E-state index is 0.227. The van der Waals surface area contributed by atoms with Crippen LogP contribution >= 0.6 is 11.5 Å². The Hall–Kier alpha value is -0.720. The van der Waals surface area contributed by atoms with Crippen LogP contribution in [0.15, 0.2) is 0 Å². The fourth-order valence-corrected chi connectivity index (χ4v) is 3.32. The Morgan fingerprint density at radius 3 is 2.78 bits per heavy atom. The molecule has 0 N–H and O–H groups in total. The second-order valence-electron chi connectivity index (χ2n) is 4.98. The van der Waals surface area contributed by atoms with Gasteiger partial charge in [0, 0.05) is 43.9 Å². The molecule has 5 nitrogen and oxygen atoms in total. The highest BCUT2D eigenvalue weighted by molar-refractivity contribution is 7.09. The average molecular weight is 269 g/mol. The van der Waals surface area contributed by atoms with Crippen LogP contribution in [0.25, 0.3) is 0 Å². The van der Waals surface area contributed by atoms with Gasteiger partial charge in [0.2, 0.25) is 5.13 Å². The van der Waals surface area contributed by atoms with E-state index in [1.54, 1.807) is 0 Å². The first kappa shape index (κ1) is 12.3. The number of aromatic nitrogens is 2. The van der Waals surface area contributed by atoms with Crippen molar-refractivity contribution in [3.63, 3.8) is 0 Å². The standard InChI is InChI=1S/C12H19N3O2S/c1-3-10-13-11(18-14-10)15-6-4-12(5-7-15)16-8-9(2)17-12/h9H,3-8H2,1-2H3/t9-/m0/s1. The van der Waals surface area contributed by atoms with Crippen molar-refractivity contribution in [3.05, 3.63) is 5.82 Å². The molecule has 2 saturated heterocycles. The molecule has 1 spiro atoms. The topological polar surface area (TPSA) is 47.5 Å². The number of hydrogen-bond acceptors (Lipinski definition) is 6. The summed E-state index contributed by atoms with van der Waals surface area (Å²) in [7, 11) is 0. The van der Waals surface area contributed by atoms with Crippen LogP contribution in [0.5, 0.6) is 0 Å². The summed E-state index contributed by atoms with van der Waals surface area (Å²) in [5.41, 5.74) is 0. The molecule has 0 radical (unpaired) electrons. The number of anilines is 1. The maximum atomic E-state index is 5.92. The van der Waals surface area contributed by atoms with Gasteiger partial charge in [-0.2, -0.15) is 4.37 Å². The van der Waals surface area contributed by atoms with E-state index in [0.717, 1.165) is 49.9 Å². The molecule has 18 heavy (non-hydrogen) atoms. The van der Waals surface area contributed by atoms with Crippen LogP contribution in [0.1, 0.15) is 32.5 Å². The van der Waals surface area contributed by atoms with Crippen molar-refractivity contribution in [1.82, 2.24) is 9.36 Å². The maximum Gasteiger partial charge on any atom is 0.205 e. The second-order valence-corrected chi connectivity index (χ2v) is 5.71. The molecule has 2 aliphatic heterocycles. The summed E-state index contributed by atoms with van der Waals surface area (Å²) < 4.78 is 16.1. The summed E-state index contributed by atoms with van der Waals surface area (Å²) in [6.45, 7) is 6.74. The summed E-state index contributed by atoms with van der Waals surface area (Å²) in [6.07, 6.45) is 2.96. The van der Waals surface area contributed by atoms with Crippen LogP contribution in [-0.4, -0.2) is 40.9 Å². The van der Waals surface area contributed by atoms with Gasteiger partial charge in [0.05, 0.1) is 12.7 Å². The Labute approximate surface area is 111 Å². The SMILES string of the molecule is CCc1nsc(N2CCC3(CC2)OC[C@H](C)O3)n1. The summed E-state index contributed by atoms with van der Waals surface area (Å²) >= 11 is 1.50. The van der Waals surface area contributed by atoms with Crippen LogP contribution in [0.2, 0.25) is 0 Å². The van der Waals surface area contributed by atoms with Gasteiger partial charge in [-0.1, -0.05) is 6.92 Å². The fourth-order valence-electron chi connectivity index (χ4n) is 2.52. The lowest BCUT2D eigenvalue weighted by molar-refractivity contribution is -0.178. The van der Waals surface area contributed by atoms with Crippen molar-refractivity contribution in [2.75, 3.05) is 24.6 Å². The van der Waals surface area contributed by atoms with Gasteiger partial charge in [-0.3, -0.25) is 0 Å². The third kappa shape index (κ3) is 2.24. The summed E-state index contributed by atoms with van der Waals surface area (Å²) in [5, 5.41) is 1.03. The molecule has 1 aromatic heterocycles. The van der Waals surface area contributed by atoms with Crippen LogP contribution in [-0.2, 0) is 15.9 Å². The maximum absolute atomic E-state index is 5.92. The predicted octanol–water partition coefficient (Wildman–Crippen LogP) is 1.83. The molecule has 3 rings (SSSR count). The van der Waals surface area contributed by atoms with E-state index in [2.05, 4.69) is 28.1 Å². The van der Waals surface area contributed by atoms with Gasteiger partial charge in [-0.25, -0.2) is 4.98 Å². The number of rotatable bonds is 2. The first-order chi connectivity index (χ1) is 8.71. The van der Waals surface area contributed by atoms with E-state index in [4.69, 9.17) is 9.47 Å². The summed E-state index contributed by atoms with van der Waals surface area (Å²) in [4.78, 5) is 6.82. The fraction of sp³-hybridized carbons (Fsp3) is 0.833. The van der Waals surface area contributed by atoms with Crippen molar-refractivity contribution < 1.29 is 9.47 Å². The molecule has 0 saturated carbocycles. The van der Waals surface area contributed by atoms with E-state index in [0.29, 0.717) is 0 Å². The highest BCUT2D eigenvalue weighted by atomic mass is 32.1. The van der Waals surface area contributed by atoms with Gasteiger partial charge < -0.3 is 14.4 Å². The van der Waals surface area contributed by atoms with E-state index >= 15 is 0 Å². The van der Waals surface area contributed by atoms with Crippen LogP contribution < -0.4 is 4.90 Å². The molecule has 3 heterocycles. The molecule has 2 fully saturated rings. The van der Waals surface area contributed by atoms with Crippen LogP contribution in [0.4, 0.5) is 5.13 Å². The molecule has 0 aromatic carbocycles. The second kappa shape index (κ2) is 4.75. The molecule has 6 heteroatoms. The number of hydrogen-bond donors (Lipinski definition) is 0. The number of nitrogens with zero attached hydrogens (tertiary/aromatic N) is 3. The molecular formula is C12H19N3O2S. The van der Waals surface area contributed by atoms with Crippen LogP contribution in [0.3, 0.4) is 0 Å². The van der Waals surface area contributed by atoms with Gasteiger partial charge in [0.1, 0.15) is 5.82 Å². The van der Waals surface area contributed by atoms with E-state index in [1.165, 1.54) is 11.5 Å². The zero-order valence-corrected chi connectivity index (χ0v) is 11.7. The Morgan fingerprint density at radius 1 is 1.44 bits per heavy atom. The molecule has 100 valence electrons. The Morgan fingerprint density at radius 2 is 2.22 bits per heavy atom. The quantitative estimate of drug-likeness (QED) is 0.820. The summed E-state index contributed by atoms with van der Waals surface area (Å²) in [6, 6.07) is 0. The first-order valence-electron chi connectivity index (χ1n) is 6.60. The highest BCUT2D eigenvalue weighted by Crippen LogP contribution is 2.35. The van der Waals surface area contributed by atoms with Gasteiger partial charge >= 0.3 is 0 Å². The first-order valence-corrected chi connectivity index (χ1v) is 7.37. The predicted molar refractivity (Wildman–Crippen MR) is 70.0 cm³/mol. The largest absolute Gasteiger partial charge is 0.347 e. The molecule has 1 aromatic rings. The lowest BCUT2D eigenvalue weighted by Crippen LogP contribution is -2.45. The van der Waals surface area contributed by atoms with Crippen molar-refractivity contribution in [1.29, 1.82) is 0 Å². The Kier molecular flexibility index (Phi) is 3.25. The van der Waals surface area contributed by atoms with E-state index in [-0.39, 0.29) is 11.9 Å². The Bertz CT molecular complexity index is 415. The van der Waals surface area contributed by atoms with Crippen molar-refractivity contribution in [3.8, 4) is 0 Å². The third-order valence-corrected chi connectivity index (χ3v) is 4.38. The number of aryl methyl sites for hydroxylation is 1. The highest BCUT2D eigenvalue weighted by Gasteiger charge is 2.42. The summed E-state index contributed by atoms with van der Waals surface area (Å²) in [5.74, 6) is 0.617. The molecule has 2 aliphatic rings. The van der Waals surface area contributed by atoms with E-state index < -0.39 is 0 Å². The monoisotopic (exact) mass is 269 g/mol. The average Bonchev–Trinajstić information content (AvgIpc) is 2.98. The lowest BCUT2D eigenvalue weighted by atomic mass is 10.0. The zero-order chi connectivity index (χ0) is 12.6. The minimum atomic E-state index is -0.325. The van der Waals surface area contributed by atoms with Gasteiger partial charge in [-0.05, 0) is 6.92 Å². The van der Waals surface area contributed by atoms with E-state index in [9.17, 15) is 0 Å². The molecule has 0 unspecified atom stereocenters. The smallest absolute Gasteiger partial charge is 0.205 e. The normalized spacial score (nSPS) is 27.0. The number of piperidine rings is 1. The van der Waals surface area contributed by atoms with Gasteiger partial charge in [0.25, 0.3) is 0 Å². The zero-order valence-electron chi connectivity index (χ0n) is 10.9. The van der Waals surface area contributed by atoms with Gasteiger partial charge in [0.15, 0.2) is 5.79 Å². The van der Waals surface area contributed by atoms with E-state index in [1.807, 2.05) is 0 Å². The number of ether oxygens (including phenoxy) is 2. The van der Waals surface area contributed by atoms with Crippen molar-refractivity contribution in [2.45, 2.75) is 45.0 Å². The van der Waals surface area contributed by atoms with Gasteiger partial charge in [-0.15, -0.1) is 0 Å². The van der Waals surface area contributed by atoms with Crippen LogP contribution in [0, 0.1) is 0 Å². The molecular weight excluding hydrogens is 250 g/mol. The molecule has 0 bridgehead atoms. The van der Waals surface area contributed by atoms with Crippen molar-refractivity contribution in [2.24, 2.45) is 0 Å². The molecule has 0 amide bonds. The van der Waals surface area contributed by atoms with Crippen molar-refractivity contribution >= 4 is 16.7 Å². The minimum Gasteiger partial charge on any atom is -0.347 e. The lowest BCUT2D eigenvalue weighted by Gasteiger charge is -2.37. The Balaban J connectivity index is 1.63.